The van der Waals surface area contributed by atoms with Gasteiger partial charge in [-0.15, -0.1) is 5.10 Å². The third-order valence-electron chi connectivity index (χ3n) is 3.32. The second kappa shape index (κ2) is 5.06. The zero-order chi connectivity index (χ0) is 14.1. The van der Waals surface area contributed by atoms with Gasteiger partial charge in [0.1, 0.15) is 5.52 Å². The van der Waals surface area contributed by atoms with Gasteiger partial charge in [0, 0.05) is 24.8 Å². The molecule has 1 fully saturated rings. The van der Waals surface area contributed by atoms with Crippen LogP contribution in [0.4, 0.5) is 17.7 Å². The highest BCUT2D eigenvalue weighted by molar-refractivity contribution is 5.79. The molecule has 0 unspecified atom stereocenters. The van der Waals surface area contributed by atoms with Crippen LogP contribution >= 0.6 is 0 Å². The Morgan fingerprint density at radius 1 is 1.14 bits per heavy atom. The van der Waals surface area contributed by atoms with Crippen molar-refractivity contribution in [2.45, 2.75) is 0 Å². The van der Waals surface area contributed by atoms with Crippen LogP contribution in [0, 0.1) is 0 Å². The molecule has 0 aliphatic carbocycles. The molecule has 1 saturated heterocycles. The summed E-state index contributed by atoms with van der Waals surface area (Å²) in [7, 11) is 0. The summed E-state index contributed by atoms with van der Waals surface area (Å²) >= 11 is 0. The maximum absolute atomic E-state index is 5.66. The van der Waals surface area contributed by atoms with E-state index in [0.717, 1.165) is 37.5 Å². The summed E-state index contributed by atoms with van der Waals surface area (Å²) in [5, 5.41) is 10.1. The summed E-state index contributed by atoms with van der Waals surface area (Å²) < 4.78 is 16.0. The molecule has 0 radical (unpaired) electrons. The van der Waals surface area contributed by atoms with Crippen LogP contribution < -0.4 is 10.2 Å². The van der Waals surface area contributed by atoms with E-state index >= 15 is 0 Å². The van der Waals surface area contributed by atoms with Crippen LogP contribution in [0.15, 0.2) is 33.4 Å². The highest BCUT2D eigenvalue weighted by atomic mass is 16.5. The Balaban J connectivity index is 1.61. The number of hydrogen-bond donors (Lipinski definition) is 1. The Labute approximate surface area is 119 Å². The largest absolute Gasteiger partial charge is 0.423 e. The average molecular weight is 287 g/mol. The predicted molar refractivity (Wildman–Crippen MR) is 74.6 cm³/mol. The van der Waals surface area contributed by atoms with Crippen LogP contribution in [0.5, 0.6) is 0 Å². The molecular weight excluding hydrogens is 274 g/mol. The summed E-state index contributed by atoms with van der Waals surface area (Å²) in [6.45, 7) is 3.26. The molecule has 4 rings (SSSR count). The van der Waals surface area contributed by atoms with Crippen molar-refractivity contribution in [3.8, 4) is 0 Å². The molecule has 8 heteroatoms. The summed E-state index contributed by atoms with van der Waals surface area (Å²) in [5.41, 5.74) is 2.58. The molecule has 108 valence electrons. The van der Waals surface area contributed by atoms with Crippen molar-refractivity contribution in [1.82, 2.24) is 15.2 Å². The van der Waals surface area contributed by atoms with Crippen LogP contribution in [0.1, 0.15) is 0 Å². The lowest BCUT2D eigenvalue weighted by Gasteiger charge is -2.28. The fourth-order valence-electron chi connectivity index (χ4n) is 2.30. The van der Waals surface area contributed by atoms with Gasteiger partial charge in [0.05, 0.1) is 13.2 Å². The van der Waals surface area contributed by atoms with Gasteiger partial charge in [-0.25, -0.2) is 0 Å². The molecular formula is C13H13N5O3. The smallest absolute Gasteiger partial charge is 0.323 e. The van der Waals surface area contributed by atoms with Crippen LogP contribution in [-0.2, 0) is 4.74 Å². The summed E-state index contributed by atoms with van der Waals surface area (Å²) in [6, 6.07) is 6.52. The number of anilines is 3. The minimum atomic E-state index is 0.245. The van der Waals surface area contributed by atoms with Crippen molar-refractivity contribution in [3.05, 3.63) is 24.6 Å². The first-order valence-corrected chi connectivity index (χ1v) is 6.65. The molecule has 8 nitrogen and oxygen atoms in total. The first kappa shape index (κ1) is 12.2. The number of nitrogens with one attached hydrogen (secondary N) is 1. The van der Waals surface area contributed by atoms with Crippen LogP contribution in [0.2, 0.25) is 0 Å². The van der Waals surface area contributed by atoms with Crippen molar-refractivity contribution in [3.63, 3.8) is 0 Å². The molecule has 1 aliphatic rings. The number of aromatic nitrogens is 3. The normalized spacial score (nSPS) is 15.5. The van der Waals surface area contributed by atoms with Gasteiger partial charge in [-0.05, 0) is 12.1 Å². The number of benzene rings is 1. The number of oxazole rings is 1. The predicted octanol–water partition coefficient (Wildman–Crippen LogP) is 1.79. The molecule has 0 amide bonds. The van der Waals surface area contributed by atoms with E-state index in [4.69, 9.17) is 13.6 Å². The van der Waals surface area contributed by atoms with E-state index < -0.39 is 0 Å². The molecule has 0 atom stereocenters. The van der Waals surface area contributed by atoms with Gasteiger partial charge < -0.3 is 18.5 Å². The van der Waals surface area contributed by atoms with Crippen LogP contribution in [0.25, 0.3) is 11.1 Å². The Bertz CT molecular complexity index is 733. The minimum absolute atomic E-state index is 0.245. The molecule has 2 aromatic heterocycles. The standard InChI is InChI=1S/C13H13N5O3/c1-2-10-11(7-9(1)18-3-5-19-6-4-18)21-12(15-10)16-13-17-14-8-20-13/h1-2,7-8H,3-6H2,(H,15,16,17). The number of morpholine rings is 1. The molecule has 0 bridgehead atoms. The van der Waals surface area contributed by atoms with E-state index in [1.165, 1.54) is 6.39 Å². The Kier molecular flexibility index (Phi) is 2.93. The highest BCUT2D eigenvalue weighted by Crippen LogP contribution is 2.26. The lowest BCUT2D eigenvalue weighted by atomic mass is 10.2. The SMILES string of the molecule is c1nnc(Nc2nc3ccc(N4CCOCC4)cc3o2)o1. The fraction of sp³-hybridized carbons (Fsp3) is 0.308. The number of nitrogens with zero attached hydrogens (tertiary/aromatic N) is 4. The van der Waals surface area contributed by atoms with Gasteiger partial charge in [-0.3, -0.25) is 5.32 Å². The van der Waals surface area contributed by atoms with Gasteiger partial charge in [0.25, 0.3) is 0 Å². The van der Waals surface area contributed by atoms with Crippen molar-refractivity contribution in [2.75, 3.05) is 36.5 Å². The van der Waals surface area contributed by atoms with E-state index in [1.54, 1.807) is 0 Å². The molecule has 3 heterocycles. The van der Waals surface area contributed by atoms with Gasteiger partial charge in [-0.1, -0.05) is 5.10 Å². The second-order valence-electron chi connectivity index (χ2n) is 4.64. The Morgan fingerprint density at radius 3 is 2.86 bits per heavy atom. The van der Waals surface area contributed by atoms with E-state index in [9.17, 15) is 0 Å². The number of hydrogen-bond acceptors (Lipinski definition) is 8. The lowest BCUT2D eigenvalue weighted by Crippen LogP contribution is -2.36. The average Bonchev–Trinajstić information content (AvgIpc) is 3.16. The Hall–Kier alpha value is -2.61. The molecule has 3 aromatic rings. The van der Waals surface area contributed by atoms with Gasteiger partial charge in [-0.2, -0.15) is 4.98 Å². The topological polar surface area (TPSA) is 89.5 Å². The van der Waals surface area contributed by atoms with Crippen molar-refractivity contribution in [1.29, 1.82) is 0 Å². The Morgan fingerprint density at radius 2 is 2.05 bits per heavy atom. The van der Waals surface area contributed by atoms with Crippen molar-refractivity contribution < 1.29 is 13.6 Å². The van der Waals surface area contributed by atoms with E-state index in [-0.39, 0.29) is 6.01 Å². The van der Waals surface area contributed by atoms with E-state index in [0.29, 0.717) is 11.6 Å². The fourth-order valence-corrected chi connectivity index (χ4v) is 2.30. The first-order valence-electron chi connectivity index (χ1n) is 6.65. The van der Waals surface area contributed by atoms with Crippen LogP contribution in [-0.4, -0.2) is 41.5 Å². The van der Waals surface area contributed by atoms with E-state index in [1.807, 2.05) is 18.2 Å². The zero-order valence-corrected chi connectivity index (χ0v) is 11.2. The quantitative estimate of drug-likeness (QED) is 0.779. The van der Waals surface area contributed by atoms with Crippen molar-refractivity contribution in [2.24, 2.45) is 0 Å². The maximum atomic E-state index is 5.66. The molecule has 1 N–H and O–H groups in total. The third-order valence-corrected chi connectivity index (χ3v) is 3.32. The van der Waals surface area contributed by atoms with E-state index in [2.05, 4.69) is 25.4 Å². The monoisotopic (exact) mass is 287 g/mol. The molecule has 21 heavy (non-hydrogen) atoms. The van der Waals surface area contributed by atoms with Gasteiger partial charge >= 0.3 is 12.0 Å². The number of ether oxygens (including phenoxy) is 1. The van der Waals surface area contributed by atoms with Gasteiger partial charge in [0.15, 0.2) is 5.58 Å². The molecule has 1 aliphatic heterocycles. The molecule has 0 saturated carbocycles. The van der Waals surface area contributed by atoms with Gasteiger partial charge in [0.2, 0.25) is 6.39 Å². The summed E-state index contributed by atoms with van der Waals surface area (Å²) in [5.74, 6) is 0. The number of rotatable bonds is 3. The summed E-state index contributed by atoms with van der Waals surface area (Å²) in [4.78, 5) is 6.59. The first-order chi connectivity index (χ1) is 10.4. The zero-order valence-electron chi connectivity index (χ0n) is 11.2. The lowest BCUT2D eigenvalue weighted by molar-refractivity contribution is 0.122. The second-order valence-corrected chi connectivity index (χ2v) is 4.64. The maximum Gasteiger partial charge on any atom is 0.323 e. The summed E-state index contributed by atoms with van der Waals surface area (Å²) in [6.07, 6.45) is 1.24. The highest BCUT2D eigenvalue weighted by Gasteiger charge is 2.14. The minimum Gasteiger partial charge on any atom is -0.423 e. The third kappa shape index (κ3) is 2.40. The molecule has 0 spiro atoms. The molecule has 1 aromatic carbocycles. The van der Waals surface area contributed by atoms with Crippen LogP contribution in [0.3, 0.4) is 0 Å². The number of fused-ring (bicyclic) bond motifs is 1. The van der Waals surface area contributed by atoms with Crippen molar-refractivity contribution >= 4 is 28.8 Å².